The highest BCUT2D eigenvalue weighted by molar-refractivity contribution is 5.39. The molecule has 8 heteroatoms. The molecule has 152 valence electrons. The fraction of sp³-hybridized carbons (Fsp3) is 0.550. The quantitative estimate of drug-likeness (QED) is 0.441. The average Bonchev–Trinajstić information content (AvgIpc) is 3.13. The van der Waals surface area contributed by atoms with Gasteiger partial charge in [-0.15, -0.1) is 5.10 Å². The number of tetrazole rings is 1. The Bertz CT molecular complexity index is 756. The Morgan fingerprint density at radius 2 is 2.07 bits per heavy atom. The molecule has 1 aromatic carbocycles. The molecule has 0 aliphatic heterocycles. The lowest BCUT2D eigenvalue weighted by molar-refractivity contribution is 0.134. The summed E-state index contributed by atoms with van der Waals surface area (Å²) in [6, 6.07) is 8.14. The van der Waals surface area contributed by atoms with Crippen LogP contribution in [0, 0.1) is 0 Å². The van der Waals surface area contributed by atoms with Crippen molar-refractivity contribution in [3.63, 3.8) is 0 Å². The third-order valence-electron chi connectivity index (χ3n) is 4.72. The van der Waals surface area contributed by atoms with Gasteiger partial charge in [-0.05, 0) is 36.3 Å². The van der Waals surface area contributed by atoms with Crippen molar-refractivity contribution in [2.24, 2.45) is 0 Å². The number of nitrogens with one attached hydrogen (secondary N) is 1. The summed E-state index contributed by atoms with van der Waals surface area (Å²) in [5, 5.41) is 16.1. The average molecular weight is 387 g/mol. The Morgan fingerprint density at radius 1 is 1.25 bits per heavy atom. The minimum atomic E-state index is -0.187. The van der Waals surface area contributed by atoms with Gasteiger partial charge in [-0.2, -0.15) is 0 Å². The molecule has 1 unspecified atom stereocenters. The third-order valence-corrected chi connectivity index (χ3v) is 4.72. The Balaban J connectivity index is 1.86. The van der Waals surface area contributed by atoms with E-state index >= 15 is 0 Å². The van der Waals surface area contributed by atoms with Gasteiger partial charge in [0, 0.05) is 25.3 Å². The molecular formula is C20H29N5O3. The van der Waals surface area contributed by atoms with Gasteiger partial charge in [0.1, 0.15) is 12.4 Å². The van der Waals surface area contributed by atoms with Gasteiger partial charge < -0.3 is 19.5 Å². The molecule has 2 aromatic rings. The summed E-state index contributed by atoms with van der Waals surface area (Å²) >= 11 is 0. The number of aromatic nitrogens is 4. The summed E-state index contributed by atoms with van der Waals surface area (Å²) < 4.78 is 18.4. The lowest BCUT2D eigenvalue weighted by Crippen LogP contribution is -2.40. The summed E-state index contributed by atoms with van der Waals surface area (Å²) in [7, 11) is 1.66. The Morgan fingerprint density at radius 3 is 2.82 bits per heavy atom. The zero-order valence-corrected chi connectivity index (χ0v) is 16.6. The second-order valence-corrected chi connectivity index (χ2v) is 6.79. The summed E-state index contributed by atoms with van der Waals surface area (Å²) in [6.45, 7) is 8.86. The van der Waals surface area contributed by atoms with Crippen LogP contribution in [0.25, 0.3) is 0 Å². The predicted molar refractivity (Wildman–Crippen MR) is 105 cm³/mol. The van der Waals surface area contributed by atoms with Gasteiger partial charge in [0.2, 0.25) is 0 Å². The van der Waals surface area contributed by atoms with Crippen molar-refractivity contribution in [3.8, 4) is 5.75 Å². The molecule has 0 bridgehead atoms. The highest BCUT2D eigenvalue weighted by Crippen LogP contribution is 2.33. The molecule has 1 aliphatic rings. The molecular weight excluding hydrogens is 358 g/mol. The number of hydrogen-bond donors (Lipinski definition) is 1. The first-order valence-corrected chi connectivity index (χ1v) is 9.70. The van der Waals surface area contributed by atoms with Crippen molar-refractivity contribution in [2.75, 3.05) is 33.5 Å². The number of ether oxygens (including phenoxy) is 3. The molecule has 1 saturated carbocycles. The molecule has 1 aromatic heterocycles. The first kappa shape index (κ1) is 20.4. The molecule has 1 heterocycles. The SMILES string of the molecule is C=C1CC(NC(c2ccccc2OCCOC)c2nnnn2CCOCC)C1. The lowest BCUT2D eigenvalue weighted by Gasteiger charge is -2.33. The van der Waals surface area contributed by atoms with Crippen LogP contribution in [0.2, 0.25) is 0 Å². The van der Waals surface area contributed by atoms with E-state index in [1.54, 1.807) is 11.8 Å². The Hall–Kier alpha value is -2.29. The van der Waals surface area contributed by atoms with Gasteiger partial charge in [0.15, 0.2) is 5.82 Å². The van der Waals surface area contributed by atoms with Crippen molar-refractivity contribution in [1.29, 1.82) is 0 Å². The largest absolute Gasteiger partial charge is 0.491 e. The minimum Gasteiger partial charge on any atom is -0.491 e. The van der Waals surface area contributed by atoms with E-state index in [4.69, 9.17) is 14.2 Å². The highest BCUT2D eigenvalue weighted by atomic mass is 16.5. The van der Waals surface area contributed by atoms with Crippen molar-refractivity contribution in [3.05, 3.63) is 47.8 Å². The van der Waals surface area contributed by atoms with Crippen LogP contribution in [0.4, 0.5) is 0 Å². The number of rotatable bonds is 12. The van der Waals surface area contributed by atoms with Crippen molar-refractivity contribution < 1.29 is 14.2 Å². The van der Waals surface area contributed by atoms with Crippen LogP contribution >= 0.6 is 0 Å². The molecule has 1 N–H and O–H groups in total. The van der Waals surface area contributed by atoms with Crippen molar-refractivity contribution >= 4 is 0 Å². The predicted octanol–water partition coefficient (Wildman–Crippen LogP) is 2.13. The fourth-order valence-electron chi connectivity index (χ4n) is 3.25. The van der Waals surface area contributed by atoms with E-state index in [-0.39, 0.29) is 6.04 Å². The standard InChI is InChI=1S/C20H29N5O3/c1-4-27-10-9-25-20(22-23-24-25)19(21-16-13-15(2)14-16)17-7-5-6-8-18(17)28-12-11-26-3/h5-8,16,19,21H,2,4,9-14H2,1,3H3. The van der Waals surface area contributed by atoms with Crippen LogP contribution < -0.4 is 10.1 Å². The van der Waals surface area contributed by atoms with E-state index < -0.39 is 0 Å². The zero-order valence-electron chi connectivity index (χ0n) is 16.6. The number of para-hydroxylation sites is 1. The first-order chi connectivity index (χ1) is 13.7. The van der Waals surface area contributed by atoms with Gasteiger partial charge >= 0.3 is 0 Å². The summed E-state index contributed by atoms with van der Waals surface area (Å²) in [4.78, 5) is 0. The van der Waals surface area contributed by atoms with E-state index in [9.17, 15) is 0 Å². The smallest absolute Gasteiger partial charge is 0.173 e. The summed E-state index contributed by atoms with van der Waals surface area (Å²) in [5.74, 6) is 1.55. The second-order valence-electron chi connectivity index (χ2n) is 6.79. The van der Waals surface area contributed by atoms with Gasteiger partial charge in [-0.3, -0.25) is 0 Å². The van der Waals surface area contributed by atoms with E-state index in [0.29, 0.717) is 39.0 Å². The normalized spacial score (nSPS) is 15.4. The van der Waals surface area contributed by atoms with Crippen LogP contribution in [0.1, 0.15) is 37.2 Å². The number of hydrogen-bond acceptors (Lipinski definition) is 7. The Labute approximate surface area is 165 Å². The van der Waals surface area contributed by atoms with Gasteiger partial charge in [-0.25, -0.2) is 4.68 Å². The van der Waals surface area contributed by atoms with Crippen LogP contribution in [0.5, 0.6) is 5.75 Å². The topological polar surface area (TPSA) is 83.3 Å². The lowest BCUT2D eigenvalue weighted by atomic mass is 9.86. The monoisotopic (exact) mass is 387 g/mol. The third kappa shape index (κ3) is 5.15. The number of nitrogens with zero attached hydrogens (tertiary/aromatic N) is 4. The minimum absolute atomic E-state index is 0.187. The van der Waals surface area contributed by atoms with E-state index in [0.717, 1.165) is 30.0 Å². The van der Waals surface area contributed by atoms with Crippen LogP contribution in [0.3, 0.4) is 0 Å². The second kappa shape index (κ2) is 10.3. The maximum Gasteiger partial charge on any atom is 0.173 e. The van der Waals surface area contributed by atoms with Gasteiger partial charge in [-0.1, -0.05) is 30.4 Å². The summed E-state index contributed by atoms with van der Waals surface area (Å²) in [5.41, 5.74) is 2.26. The zero-order chi connectivity index (χ0) is 19.8. The Kier molecular flexibility index (Phi) is 7.53. The maximum atomic E-state index is 5.96. The van der Waals surface area contributed by atoms with Crippen LogP contribution in [-0.2, 0) is 16.0 Å². The van der Waals surface area contributed by atoms with Gasteiger partial charge in [0.25, 0.3) is 0 Å². The maximum absolute atomic E-state index is 5.96. The molecule has 0 saturated heterocycles. The van der Waals surface area contributed by atoms with E-state index in [1.165, 1.54) is 5.57 Å². The van der Waals surface area contributed by atoms with Crippen LogP contribution in [-0.4, -0.2) is 59.8 Å². The molecule has 1 fully saturated rings. The molecule has 3 rings (SSSR count). The molecule has 28 heavy (non-hydrogen) atoms. The summed E-state index contributed by atoms with van der Waals surface area (Å²) in [6.07, 6.45) is 1.92. The molecule has 0 radical (unpaired) electrons. The van der Waals surface area contributed by atoms with E-state index in [1.807, 2.05) is 25.1 Å². The first-order valence-electron chi connectivity index (χ1n) is 9.70. The number of benzene rings is 1. The van der Waals surface area contributed by atoms with Crippen LogP contribution in [0.15, 0.2) is 36.4 Å². The molecule has 0 amide bonds. The number of methoxy groups -OCH3 is 1. The van der Waals surface area contributed by atoms with E-state index in [2.05, 4.69) is 33.5 Å². The van der Waals surface area contributed by atoms with Crippen molar-refractivity contribution in [1.82, 2.24) is 25.5 Å². The molecule has 1 atom stereocenters. The fourth-order valence-corrected chi connectivity index (χ4v) is 3.25. The highest BCUT2D eigenvalue weighted by Gasteiger charge is 2.30. The molecule has 1 aliphatic carbocycles. The van der Waals surface area contributed by atoms with Crippen molar-refractivity contribution in [2.45, 2.75) is 38.4 Å². The molecule has 8 nitrogen and oxygen atoms in total. The molecule has 0 spiro atoms. The van der Waals surface area contributed by atoms with Gasteiger partial charge in [0.05, 0.1) is 25.8 Å².